The fourth-order valence-electron chi connectivity index (χ4n) is 8.40. The number of anilines is 2. The summed E-state index contributed by atoms with van der Waals surface area (Å²) in [5, 5.41) is 37.6. The van der Waals surface area contributed by atoms with Crippen LogP contribution in [0.15, 0.2) is 83.1 Å². The first-order valence-electron chi connectivity index (χ1n) is 23.8. The summed E-state index contributed by atoms with van der Waals surface area (Å²) in [6, 6.07) is 17.0. The highest BCUT2D eigenvalue weighted by Crippen LogP contribution is 2.29. The van der Waals surface area contributed by atoms with E-state index < -0.39 is 43.2 Å². The number of pyridine rings is 4. The third-order valence-electron chi connectivity index (χ3n) is 11.9. The number of aryl methyl sites for hydroxylation is 4. The number of amides is 3. The molecule has 0 saturated heterocycles. The van der Waals surface area contributed by atoms with E-state index in [9.17, 15) is 41.7 Å². The minimum atomic E-state index is -3.62. The molecule has 6 aromatic heterocycles. The lowest BCUT2D eigenvalue weighted by Gasteiger charge is -2.20. The third-order valence-corrected chi connectivity index (χ3v) is 14.5. The molecule has 3 amide bonds. The van der Waals surface area contributed by atoms with Gasteiger partial charge in [0.15, 0.2) is 31.1 Å². The van der Waals surface area contributed by atoms with Crippen LogP contribution in [0.4, 0.5) is 16.4 Å². The van der Waals surface area contributed by atoms with Crippen LogP contribution in [0.5, 0.6) is 0 Å². The fraction of sp³-hybridized carbons (Fsp3) is 0.264. The predicted octanol–water partition coefficient (Wildman–Crippen LogP) is 7.63. The third kappa shape index (κ3) is 14.3. The minimum absolute atomic E-state index is 0.0361. The molecule has 26 heteroatoms. The van der Waals surface area contributed by atoms with Gasteiger partial charge in [0.05, 0.1) is 55.1 Å². The van der Waals surface area contributed by atoms with Crippen molar-refractivity contribution in [2.75, 3.05) is 23.6 Å². The molecule has 2 aromatic carbocycles. The number of nitriles is 2. The topological polar surface area (TPSA) is 326 Å². The molecule has 0 radical (unpaired) electrons. The largest absolute Gasteiger partial charge is 0.444 e. The van der Waals surface area contributed by atoms with E-state index in [4.69, 9.17) is 33.7 Å². The van der Waals surface area contributed by atoms with Crippen LogP contribution in [0.2, 0.25) is 10.0 Å². The first-order chi connectivity index (χ1) is 37.0. The standard InChI is InChI=1S/C29H30ClN7O5S.C24H22ClN7O3S/c1-16-7-25(35-28(39)42-29(3,4)5)34-17(2)21(16)13-33-27(38)22-15-37(36-23(22)11-31)14-18-8-19-10-20(30)12-32-26(19)24(9-18)43(6,40)41;1-13-4-22(27)30-14(2)18(13)10-29-24(33)19-12-32(31-20(19)8-26)11-15-5-16-7-17(25)9-28-23(16)21(6-15)36(3,34)35/h7-10,12,15H,13-14H2,1-6H3,(H,33,38)(H,34,35,39);4-7,9,12H,10-11H2,1-3H3,(H2,27,30)(H,29,33). The molecule has 6 heterocycles. The normalized spacial score (nSPS) is 11.6. The average Bonchev–Trinajstić information content (AvgIpc) is 3.95. The summed E-state index contributed by atoms with van der Waals surface area (Å²) in [6.45, 7) is 13.1. The Bertz CT molecular complexity index is 4060. The number of sulfone groups is 2. The maximum Gasteiger partial charge on any atom is 0.413 e. The van der Waals surface area contributed by atoms with Gasteiger partial charge in [-0.25, -0.2) is 31.6 Å². The van der Waals surface area contributed by atoms with Crippen LogP contribution in [0.25, 0.3) is 21.8 Å². The number of rotatable bonds is 13. The molecule has 0 aliphatic carbocycles. The molecular weight excluding hydrogens is 1100 g/mol. The van der Waals surface area contributed by atoms with Crippen molar-refractivity contribution in [2.45, 2.75) is 90.0 Å². The van der Waals surface area contributed by atoms with Gasteiger partial charge in [-0.1, -0.05) is 23.2 Å². The average molecular weight is 1150 g/mol. The number of nitrogens with zero attached hydrogens (tertiary/aromatic N) is 10. The molecule has 0 saturated carbocycles. The summed E-state index contributed by atoms with van der Waals surface area (Å²) < 4.78 is 57.8. The first-order valence-corrected chi connectivity index (χ1v) is 28.3. The molecule has 0 aliphatic heterocycles. The molecule has 79 heavy (non-hydrogen) atoms. The van der Waals surface area contributed by atoms with Crippen LogP contribution in [0.1, 0.15) is 97.6 Å². The molecule has 22 nitrogen and oxygen atoms in total. The van der Waals surface area contributed by atoms with Crippen LogP contribution < -0.4 is 21.7 Å². The zero-order chi connectivity index (χ0) is 57.9. The Kier molecular flexibility index (Phi) is 17.1. The molecule has 0 unspecified atom stereocenters. The first kappa shape index (κ1) is 58.1. The van der Waals surface area contributed by atoms with E-state index in [0.717, 1.165) is 34.8 Å². The number of halogens is 2. The predicted molar refractivity (Wildman–Crippen MR) is 296 cm³/mol. The van der Waals surface area contributed by atoms with Gasteiger partial charge in [-0.2, -0.15) is 20.7 Å². The Morgan fingerprint density at radius 1 is 0.671 bits per heavy atom. The molecule has 0 fully saturated rings. The lowest BCUT2D eigenvalue weighted by molar-refractivity contribution is 0.0634. The molecule has 5 N–H and O–H groups in total. The van der Waals surface area contributed by atoms with E-state index >= 15 is 0 Å². The number of nitrogens with one attached hydrogen (secondary N) is 3. The van der Waals surface area contributed by atoms with Crippen molar-refractivity contribution in [3.8, 4) is 12.1 Å². The highest BCUT2D eigenvalue weighted by atomic mass is 35.5. The molecule has 0 bridgehead atoms. The second kappa shape index (κ2) is 23.2. The number of benzene rings is 2. The lowest BCUT2D eigenvalue weighted by Crippen LogP contribution is -2.28. The molecule has 0 aliphatic rings. The van der Waals surface area contributed by atoms with Crippen molar-refractivity contribution < 1.29 is 36.0 Å². The molecule has 408 valence electrons. The Morgan fingerprint density at radius 2 is 1.10 bits per heavy atom. The number of nitrogen functional groups attached to an aromatic ring is 1. The maximum absolute atomic E-state index is 13.1. The number of carbonyl (C=O) groups excluding carboxylic acids is 3. The lowest BCUT2D eigenvalue weighted by atomic mass is 10.1. The van der Waals surface area contributed by atoms with Crippen molar-refractivity contribution in [3.63, 3.8) is 0 Å². The quantitative estimate of drug-likeness (QED) is 0.0862. The minimum Gasteiger partial charge on any atom is -0.444 e. The van der Waals surface area contributed by atoms with Crippen molar-refractivity contribution in [3.05, 3.63) is 151 Å². The number of nitrogens with two attached hydrogens (primary N) is 1. The fourth-order valence-corrected chi connectivity index (χ4v) is 10.5. The Labute approximate surface area is 464 Å². The van der Waals surface area contributed by atoms with Gasteiger partial charge in [-0.3, -0.25) is 34.2 Å². The Hall–Kier alpha value is -8.55. The van der Waals surface area contributed by atoms with Crippen LogP contribution in [-0.4, -0.2) is 92.4 Å². The van der Waals surface area contributed by atoms with Crippen molar-refractivity contribution >= 4 is 94.2 Å². The smallest absolute Gasteiger partial charge is 0.413 e. The van der Waals surface area contributed by atoms with Gasteiger partial charge < -0.3 is 21.1 Å². The van der Waals surface area contributed by atoms with Crippen LogP contribution in [0.3, 0.4) is 0 Å². The molecule has 0 atom stereocenters. The van der Waals surface area contributed by atoms with Crippen LogP contribution in [0, 0.1) is 50.4 Å². The molecule has 8 rings (SSSR count). The number of aromatic nitrogens is 8. The molecular formula is C53H52Cl2N14O8S2. The highest BCUT2D eigenvalue weighted by Gasteiger charge is 2.23. The van der Waals surface area contributed by atoms with Gasteiger partial charge in [0.25, 0.3) is 11.8 Å². The maximum atomic E-state index is 13.1. The number of ether oxygens (including phenoxy) is 1. The van der Waals surface area contributed by atoms with E-state index in [0.29, 0.717) is 66.0 Å². The van der Waals surface area contributed by atoms with Gasteiger partial charge in [0, 0.05) is 72.5 Å². The number of carbonyl (C=O) groups is 3. The number of fused-ring (bicyclic) bond motifs is 2. The van der Waals surface area contributed by atoms with Crippen molar-refractivity contribution in [1.82, 2.24) is 50.1 Å². The van der Waals surface area contributed by atoms with E-state index in [-0.39, 0.29) is 58.5 Å². The van der Waals surface area contributed by atoms with Crippen LogP contribution in [-0.2, 0) is 50.6 Å². The Balaban J connectivity index is 0.000000232. The summed E-state index contributed by atoms with van der Waals surface area (Å²) >= 11 is 12.1. The zero-order valence-corrected chi connectivity index (χ0v) is 47.3. The van der Waals surface area contributed by atoms with E-state index in [1.807, 2.05) is 26.0 Å². The van der Waals surface area contributed by atoms with Crippen LogP contribution >= 0.6 is 23.2 Å². The summed E-state index contributed by atoms with van der Waals surface area (Å²) in [5.74, 6) is -0.277. The second-order valence-corrected chi connectivity index (χ2v) is 24.2. The summed E-state index contributed by atoms with van der Waals surface area (Å²) in [7, 11) is -7.21. The van der Waals surface area contributed by atoms with Gasteiger partial charge in [0.1, 0.15) is 29.4 Å². The summed E-state index contributed by atoms with van der Waals surface area (Å²) in [6.07, 6.45) is 7.22. The van der Waals surface area contributed by atoms with Gasteiger partial charge in [0.2, 0.25) is 0 Å². The summed E-state index contributed by atoms with van der Waals surface area (Å²) in [4.78, 5) is 55.2. The summed E-state index contributed by atoms with van der Waals surface area (Å²) in [5.41, 5.74) is 11.4. The van der Waals surface area contributed by atoms with Gasteiger partial charge in [-0.15, -0.1) is 0 Å². The molecule has 0 spiro atoms. The number of hydrogen-bond acceptors (Lipinski definition) is 17. The Morgan fingerprint density at radius 3 is 1.49 bits per heavy atom. The van der Waals surface area contributed by atoms with Gasteiger partial charge in [-0.05, 0) is 130 Å². The second-order valence-electron chi connectivity index (χ2n) is 19.4. The zero-order valence-electron chi connectivity index (χ0n) is 44.1. The highest BCUT2D eigenvalue weighted by molar-refractivity contribution is 7.91. The monoisotopic (exact) mass is 1150 g/mol. The number of hydrogen-bond donors (Lipinski definition) is 4. The SMILES string of the molecule is Cc1cc(N)nc(C)c1CNC(=O)c1cn(Cc2cc(S(C)(=O)=O)c3ncc(Cl)cc3c2)nc1C#N.Cc1cc(NC(=O)OC(C)(C)C)nc(C)c1CNC(=O)c1cn(Cc2cc(S(C)(=O)=O)c3ncc(Cl)cc3c2)nc1C#N. The molecule has 8 aromatic rings. The van der Waals surface area contributed by atoms with Gasteiger partial charge >= 0.3 is 6.09 Å². The van der Waals surface area contributed by atoms with Crippen molar-refractivity contribution in [1.29, 1.82) is 10.5 Å². The van der Waals surface area contributed by atoms with E-state index in [2.05, 4.69) is 46.1 Å². The van der Waals surface area contributed by atoms with Crippen molar-refractivity contribution in [2.24, 2.45) is 0 Å². The van der Waals surface area contributed by atoms with E-state index in [1.165, 1.54) is 46.3 Å². The van der Waals surface area contributed by atoms with E-state index in [1.54, 1.807) is 71.0 Å².